The lowest BCUT2D eigenvalue weighted by molar-refractivity contribution is 0.299. The molecule has 0 aliphatic rings. The minimum Gasteiger partial charge on any atom is -0.496 e. The van der Waals surface area contributed by atoms with Gasteiger partial charge >= 0.3 is 0 Å². The molecule has 0 aliphatic carbocycles. The van der Waals surface area contributed by atoms with E-state index in [0.717, 1.165) is 31.8 Å². The van der Waals surface area contributed by atoms with Crippen LogP contribution in [0.4, 0.5) is 0 Å². The van der Waals surface area contributed by atoms with E-state index >= 15 is 0 Å². The Balaban J connectivity index is 2.14. The second-order valence-corrected chi connectivity index (χ2v) is 5.49. The molecule has 4 nitrogen and oxygen atoms in total. The molecular formula is C13H13Br2NO3. The molecule has 102 valence electrons. The van der Waals surface area contributed by atoms with Gasteiger partial charge in [-0.25, -0.2) is 0 Å². The molecule has 0 unspecified atom stereocenters. The summed E-state index contributed by atoms with van der Waals surface area (Å²) in [5, 5.41) is 0. The molecule has 19 heavy (non-hydrogen) atoms. The Labute approximate surface area is 128 Å². The number of methoxy groups -OCH3 is 1. The average molecular weight is 391 g/mol. The van der Waals surface area contributed by atoms with Crippen LogP contribution in [-0.2, 0) is 13.2 Å². The zero-order chi connectivity index (χ0) is 13.8. The number of nitrogens with two attached hydrogens (primary N) is 1. The van der Waals surface area contributed by atoms with E-state index in [0.29, 0.717) is 13.2 Å². The third-order valence-electron chi connectivity index (χ3n) is 2.61. The number of rotatable bonds is 5. The predicted octanol–water partition coefficient (Wildman–Crippen LogP) is 3.85. The first-order valence-electron chi connectivity index (χ1n) is 5.57. The minimum absolute atomic E-state index is 0.360. The first kappa shape index (κ1) is 14.4. The van der Waals surface area contributed by atoms with Crippen molar-refractivity contribution in [1.82, 2.24) is 0 Å². The summed E-state index contributed by atoms with van der Waals surface area (Å²) >= 11 is 6.87. The molecule has 0 fully saturated rings. The topological polar surface area (TPSA) is 57.6 Å². The molecule has 1 aromatic heterocycles. The molecule has 6 heteroatoms. The lowest BCUT2D eigenvalue weighted by atomic mass is 10.2. The lowest BCUT2D eigenvalue weighted by Crippen LogP contribution is -2.02. The van der Waals surface area contributed by atoms with E-state index in [1.54, 1.807) is 13.4 Å². The fourth-order valence-electron chi connectivity index (χ4n) is 1.61. The molecule has 0 bridgehead atoms. The standard InChI is InChI=1S/C13H13Br2NO3/c1-17-11-4-10(15)12(5-9(11)14)19-7-8-2-3-18-13(8)6-16/h2-5H,6-7,16H2,1H3. The fraction of sp³-hybridized carbons (Fsp3) is 0.231. The molecule has 0 atom stereocenters. The van der Waals surface area contributed by atoms with Gasteiger partial charge in [0.15, 0.2) is 0 Å². The van der Waals surface area contributed by atoms with E-state index in [1.807, 2.05) is 18.2 Å². The first-order valence-corrected chi connectivity index (χ1v) is 7.15. The van der Waals surface area contributed by atoms with Crippen LogP contribution in [0.2, 0.25) is 0 Å². The van der Waals surface area contributed by atoms with Crippen molar-refractivity contribution in [2.75, 3.05) is 7.11 Å². The van der Waals surface area contributed by atoms with Gasteiger partial charge in [0.05, 0.1) is 28.9 Å². The third-order valence-corrected chi connectivity index (χ3v) is 3.85. The van der Waals surface area contributed by atoms with E-state index in [2.05, 4.69) is 31.9 Å². The van der Waals surface area contributed by atoms with Crippen molar-refractivity contribution in [2.45, 2.75) is 13.2 Å². The van der Waals surface area contributed by atoms with Gasteiger partial charge in [-0.3, -0.25) is 0 Å². The van der Waals surface area contributed by atoms with Gasteiger partial charge in [-0.2, -0.15) is 0 Å². The Morgan fingerprint density at radius 2 is 1.89 bits per heavy atom. The maximum atomic E-state index is 5.76. The Morgan fingerprint density at radius 1 is 1.21 bits per heavy atom. The number of benzene rings is 1. The molecule has 2 N–H and O–H groups in total. The highest BCUT2D eigenvalue weighted by atomic mass is 79.9. The van der Waals surface area contributed by atoms with E-state index in [-0.39, 0.29) is 0 Å². The highest BCUT2D eigenvalue weighted by molar-refractivity contribution is 9.11. The first-order chi connectivity index (χ1) is 9.15. The van der Waals surface area contributed by atoms with Gasteiger partial charge in [0, 0.05) is 5.56 Å². The molecule has 2 aromatic rings. The quantitative estimate of drug-likeness (QED) is 0.842. The molecule has 0 amide bonds. The van der Waals surface area contributed by atoms with Crippen molar-refractivity contribution < 1.29 is 13.9 Å². The van der Waals surface area contributed by atoms with Crippen molar-refractivity contribution in [2.24, 2.45) is 5.73 Å². The summed E-state index contributed by atoms with van der Waals surface area (Å²) in [6.45, 7) is 0.763. The van der Waals surface area contributed by atoms with Crippen molar-refractivity contribution in [3.63, 3.8) is 0 Å². The van der Waals surface area contributed by atoms with Gasteiger partial charge in [0.2, 0.25) is 0 Å². The number of furan rings is 1. The molecule has 1 aromatic carbocycles. The second-order valence-electron chi connectivity index (χ2n) is 3.78. The van der Waals surface area contributed by atoms with Crippen LogP contribution in [0, 0.1) is 0 Å². The zero-order valence-electron chi connectivity index (χ0n) is 10.3. The highest BCUT2D eigenvalue weighted by Crippen LogP contribution is 2.36. The SMILES string of the molecule is COc1cc(Br)c(OCc2ccoc2CN)cc1Br. The highest BCUT2D eigenvalue weighted by Gasteiger charge is 2.10. The van der Waals surface area contributed by atoms with E-state index in [9.17, 15) is 0 Å². The smallest absolute Gasteiger partial charge is 0.135 e. The Hall–Kier alpha value is -0.980. The van der Waals surface area contributed by atoms with Crippen molar-refractivity contribution >= 4 is 31.9 Å². The zero-order valence-corrected chi connectivity index (χ0v) is 13.5. The maximum absolute atomic E-state index is 5.76. The van der Waals surface area contributed by atoms with Gasteiger partial charge in [-0.15, -0.1) is 0 Å². The fourth-order valence-corrected chi connectivity index (χ4v) is 2.53. The summed E-state index contributed by atoms with van der Waals surface area (Å²) in [5.74, 6) is 2.20. The largest absolute Gasteiger partial charge is 0.496 e. The Morgan fingerprint density at radius 3 is 2.58 bits per heavy atom. The van der Waals surface area contributed by atoms with Crippen molar-refractivity contribution in [3.8, 4) is 11.5 Å². The molecule has 2 rings (SSSR count). The summed E-state index contributed by atoms with van der Waals surface area (Å²) in [4.78, 5) is 0. The number of hydrogen-bond acceptors (Lipinski definition) is 4. The molecule has 0 saturated carbocycles. The van der Waals surface area contributed by atoms with Crippen LogP contribution in [0.25, 0.3) is 0 Å². The minimum atomic E-state index is 0.360. The van der Waals surface area contributed by atoms with Crippen LogP contribution in [0.3, 0.4) is 0 Å². The van der Waals surface area contributed by atoms with Crippen molar-refractivity contribution in [3.05, 3.63) is 44.7 Å². The van der Waals surface area contributed by atoms with Crippen LogP contribution < -0.4 is 15.2 Å². The third kappa shape index (κ3) is 3.32. The second kappa shape index (κ2) is 6.45. The van der Waals surface area contributed by atoms with Crippen LogP contribution in [0.1, 0.15) is 11.3 Å². The monoisotopic (exact) mass is 389 g/mol. The number of hydrogen-bond donors (Lipinski definition) is 1. The Kier molecular flexibility index (Phi) is 4.90. The molecule has 0 saturated heterocycles. The van der Waals surface area contributed by atoms with Gasteiger partial charge in [-0.1, -0.05) is 0 Å². The molecule has 0 spiro atoms. The lowest BCUT2D eigenvalue weighted by Gasteiger charge is -2.11. The maximum Gasteiger partial charge on any atom is 0.135 e. The van der Waals surface area contributed by atoms with Gasteiger partial charge < -0.3 is 19.6 Å². The van der Waals surface area contributed by atoms with Crippen LogP contribution in [0.5, 0.6) is 11.5 Å². The Bertz CT molecular complexity index is 569. The normalized spacial score (nSPS) is 10.5. The van der Waals surface area contributed by atoms with E-state index in [1.165, 1.54) is 0 Å². The van der Waals surface area contributed by atoms with Gasteiger partial charge in [0.25, 0.3) is 0 Å². The number of ether oxygens (including phenoxy) is 2. The molecular weight excluding hydrogens is 378 g/mol. The molecule has 0 radical (unpaired) electrons. The number of halogens is 2. The van der Waals surface area contributed by atoms with Crippen LogP contribution in [0.15, 0.2) is 37.8 Å². The van der Waals surface area contributed by atoms with Gasteiger partial charge in [-0.05, 0) is 50.1 Å². The molecule has 0 aliphatic heterocycles. The molecule has 1 heterocycles. The summed E-state index contributed by atoms with van der Waals surface area (Å²) in [6, 6.07) is 5.55. The summed E-state index contributed by atoms with van der Waals surface area (Å²) in [6.07, 6.45) is 1.61. The van der Waals surface area contributed by atoms with E-state index < -0.39 is 0 Å². The van der Waals surface area contributed by atoms with E-state index in [4.69, 9.17) is 19.6 Å². The summed E-state index contributed by atoms with van der Waals surface area (Å²) in [5.41, 5.74) is 6.52. The average Bonchev–Trinajstić information content (AvgIpc) is 2.86. The van der Waals surface area contributed by atoms with Gasteiger partial charge in [0.1, 0.15) is 23.9 Å². The van der Waals surface area contributed by atoms with Crippen molar-refractivity contribution in [1.29, 1.82) is 0 Å². The van der Waals surface area contributed by atoms with Crippen LogP contribution >= 0.6 is 31.9 Å². The van der Waals surface area contributed by atoms with Crippen LogP contribution in [-0.4, -0.2) is 7.11 Å². The summed E-state index contributed by atoms with van der Waals surface area (Å²) < 4.78 is 17.9. The summed E-state index contributed by atoms with van der Waals surface area (Å²) in [7, 11) is 1.62. The predicted molar refractivity (Wildman–Crippen MR) is 79.3 cm³/mol.